The summed E-state index contributed by atoms with van der Waals surface area (Å²) in [5.41, 5.74) is 0. The third-order valence-electron chi connectivity index (χ3n) is 5.16. The summed E-state index contributed by atoms with van der Waals surface area (Å²) in [5.74, 6) is 1.79. The molecule has 3 heteroatoms. The summed E-state index contributed by atoms with van der Waals surface area (Å²) in [6, 6.07) is 0. The molecule has 2 bridgehead atoms. The maximum absolute atomic E-state index is 5.90. The van der Waals surface area contributed by atoms with Gasteiger partial charge in [0.05, 0.1) is 12.2 Å². The van der Waals surface area contributed by atoms with E-state index in [-0.39, 0.29) is 0 Å². The van der Waals surface area contributed by atoms with E-state index in [1.54, 1.807) is 0 Å². The molecule has 3 fully saturated rings. The lowest BCUT2D eigenvalue weighted by atomic mass is 9.85. The molecule has 0 aromatic carbocycles. The average molecular weight is 252 g/mol. The first kappa shape index (κ1) is 12.9. The van der Waals surface area contributed by atoms with Gasteiger partial charge in [0.25, 0.3) is 0 Å². The van der Waals surface area contributed by atoms with Gasteiger partial charge in [-0.3, -0.25) is 4.90 Å². The Balaban J connectivity index is 1.40. The summed E-state index contributed by atoms with van der Waals surface area (Å²) in [6.07, 6.45) is 7.86. The van der Waals surface area contributed by atoms with Crippen molar-refractivity contribution in [2.24, 2.45) is 11.8 Å². The average Bonchev–Trinajstić information content (AvgIpc) is 2.76. The van der Waals surface area contributed by atoms with Crippen LogP contribution in [0, 0.1) is 11.8 Å². The molecule has 3 aliphatic rings. The highest BCUT2D eigenvalue weighted by atomic mass is 16.5. The van der Waals surface area contributed by atoms with Crippen molar-refractivity contribution >= 4 is 0 Å². The standard InChI is InChI=1S/C15H28N2O/c1-12(13-3-2-7-16-9-13)6-8-17-10-14-4-5-15(11-17)18-14/h12-16H,2-11H2,1H3. The second-order valence-electron chi connectivity index (χ2n) is 6.59. The Morgan fingerprint density at radius 3 is 2.67 bits per heavy atom. The summed E-state index contributed by atoms with van der Waals surface area (Å²) >= 11 is 0. The lowest BCUT2D eigenvalue weighted by Gasteiger charge is -2.34. The molecule has 4 unspecified atom stereocenters. The van der Waals surface area contributed by atoms with Gasteiger partial charge >= 0.3 is 0 Å². The molecule has 0 radical (unpaired) electrons. The van der Waals surface area contributed by atoms with E-state index in [1.807, 2.05) is 0 Å². The first-order valence-corrected chi connectivity index (χ1v) is 7.90. The molecule has 3 saturated heterocycles. The monoisotopic (exact) mass is 252 g/mol. The molecule has 0 aromatic rings. The Morgan fingerprint density at radius 1 is 1.22 bits per heavy atom. The molecule has 0 aliphatic carbocycles. The fraction of sp³-hybridized carbons (Fsp3) is 1.00. The SMILES string of the molecule is CC(CCN1CC2CCC(C1)O2)C1CCCNC1. The van der Waals surface area contributed by atoms with Gasteiger partial charge in [-0.2, -0.15) is 0 Å². The molecule has 0 saturated carbocycles. The normalized spacial score (nSPS) is 38.8. The first-order valence-electron chi connectivity index (χ1n) is 7.90. The fourth-order valence-electron chi connectivity index (χ4n) is 3.87. The summed E-state index contributed by atoms with van der Waals surface area (Å²) < 4.78 is 5.90. The number of likely N-dealkylation sites (tertiary alicyclic amines) is 1. The quantitative estimate of drug-likeness (QED) is 0.827. The zero-order valence-electron chi connectivity index (χ0n) is 11.7. The predicted molar refractivity (Wildman–Crippen MR) is 73.7 cm³/mol. The Labute approximate surface area is 111 Å². The van der Waals surface area contributed by atoms with Crippen LogP contribution in [-0.4, -0.2) is 49.8 Å². The van der Waals surface area contributed by atoms with Crippen LogP contribution >= 0.6 is 0 Å². The van der Waals surface area contributed by atoms with Crippen molar-refractivity contribution in [2.75, 3.05) is 32.7 Å². The van der Waals surface area contributed by atoms with Gasteiger partial charge in [-0.15, -0.1) is 0 Å². The molecule has 3 heterocycles. The molecule has 104 valence electrons. The molecular weight excluding hydrogens is 224 g/mol. The van der Waals surface area contributed by atoms with Gasteiger partial charge in [0.2, 0.25) is 0 Å². The summed E-state index contributed by atoms with van der Waals surface area (Å²) in [6.45, 7) is 8.59. The Morgan fingerprint density at radius 2 is 2.00 bits per heavy atom. The minimum Gasteiger partial charge on any atom is -0.372 e. The van der Waals surface area contributed by atoms with Gasteiger partial charge in [0.15, 0.2) is 0 Å². The third kappa shape index (κ3) is 3.06. The van der Waals surface area contributed by atoms with Crippen molar-refractivity contribution in [3.8, 4) is 0 Å². The van der Waals surface area contributed by atoms with Crippen LogP contribution in [0.2, 0.25) is 0 Å². The summed E-state index contributed by atoms with van der Waals surface area (Å²) in [4.78, 5) is 2.65. The van der Waals surface area contributed by atoms with E-state index in [1.165, 1.54) is 64.8 Å². The van der Waals surface area contributed by atoms with Crippen LogP contribution in [0.1, 0.15) is 39.0 Å². The van der Waals surface area contributed by atoms with Crippen LogP contribution in [0.25, 0.3) is 0 Å². The van der Waals surface area contributed by atoms with Crippen molar-refractivity contribution in [3.05, 3.63) is 0 Å². The number of morpholine rings is 1. The molecule has 3 aliphatic heterocycles. The first-order chi connectivity index (χ1) is 8.81. The number of piperidine rings is 1. The van der Waals surface area contributed by atoms with Crippen LogP contribution < -0.4 is 5.32 Å². The Hall–Kier alpha value is -0.120. The molecule has 1 N–H and O–H groups in total. The number of hydrogen-bond acceptors (Lipinski definition) is 3. The van der Waals surface area contributed by atoms with E-state index in [9.17, 15) is 0 Å². The van der Waals surface area contributed by atoms with Crippen LogP contribution in [0.3, 0.4) is 0 Å². The minimum absolute atomic E-state index is 0.551. The molecule has 3 nitrogen and oxygen atoms in total. The summed E-state index contributed by atoms with van der Waals surface area (Å²) in [7, 11) is 0. The second kappa shape index (κ2) is 5.89. The zero-order valence-corrected chi connectivity index (χ0v) is 11.7. The van der Waals surface area contributed by atoms with E-state index in [0.29, 0.717) is 12.2 Å². The lowest BCUT2D eigenvalue weighted by molar-refractivity contribution is -0.0400. The predicted octanol–water partition coefficient (Wildman–Crippen LogP) is 1.88. The third-order valence-corrected chi connectivity index (χ3v) is 5.16. The van der Waals surface area contributed by atoms with Gasteiger partial charge in [-0.25, -0.2) is 0 Å². The van der Waals surface area contributed by atoms with Crippen molar-refractivity contribution in [2.45, 2.75) is 51.2 Å². The number of fused-ring (bicyclic) bond motifs is 2. The van der Waals surface area contributed by atoms with Gasteiger partial charge < -0.3 is 10.1 Å². The number of nitrogens with zero attached hydrogens (tertiary/aromatic N) is 1. The van der Waals surface area contributed by atoms with E-state index in [0.717, 1.165) is 11.8 Å². The van der Waals surface area contributed by atoms with Crippen molar-refractivity contribution in [1.82, 2.24) is 10.2 Å². The van der Waals surface area contributed by atoms with Crippen LogP contribution in [0.15, 0.2) is 0 Å². The largest absolute Gasteiger partial charge is 0.372 e. The van der Waals surface area contributed by atoms with E-state index >= 15 is 0 Å². The summed E-state index contributed by atoms with van der Waals surface area (Å²) in [5, 5.41) is 3.54. The number of hydrogen-bond donors (Lipinski definition) is 1. The number of rotatable bonds is 4. The van der Waals surface area contributed by atoms with E-state index in [2.05, 4.69) is 17.1 Å². The van der Waals surface area contributed by atoms with Gasteiger partial charge in [-0.05, 0) is 63.6 Å². The highest BCUT2D eigenvalue weighted by Crippen LogP contribution is 2.28. The van der Waals surface area contributed by atoms with E-state index < -0.39 is 0 Å². The molecule has 0 amide bonds. The molecular formula is C15H28N2O. The maximum Gasteiger partial charge on any atom is 0.0707 e. The van der Waals surface area contributed by atoms with Crippen LogP contribution in [-0.2, 0) is 4.74 Å². The zero-order chi connectivity index (χ0) is 12.4. The molecule has 18 heavy (non-hydrogen) atoms. The fourth-order valence-corrected chi connectivity index (χ4v) is 3.87. The van der Waals surface area contributed by atoms with Crippen molar-refractivity contribution < 1.29 is 4.74 Å². The number of nitrogens with one attached hydrogen (secondary N) is 1. The van der Waals surface area contributed by atoms with Crippen molar-refractivity contribution in [1.29, 1.82) is 0 Å². The topological polar surface area (TPSA) is 24.5 Å². The smallest absolute Gasteiger partial charge is 0.0707 e. The molecule has 4 atom stereocenters. The Bertz CT molecular complexity index is 253. The van der Waals surface area contributed by atoms with Crippen LogP contribution in [0.5, 0.6) is 0 Å². The molecule has 3 rings (SSSR count). The lowest BCUT2D eigenvalue weighted by Crippen LogP contribution is -2.43. The Kier molecular flexibility index (Phi) is 4.22. The van der Waals surface area contributed by atoms with Crippen LogP contribution in [0.4, 0.5) is 0 Å². The highest BCUT2D eigenvalue weighted by Gasteiger charge is 2.33. The van der Waals surface area contributed by atoms with Crippen molar-refractivity contribution in [3.63, 3.8) is 0 Å². The second-order valence-corrected chi connectivity index (χ2v) is 6.59. The van der Waals surface area contributed by atoms with Gasteiger partial charge in [0.1, 0.15) is 0 Å². The molecule has 0 spiro atoms. The van der Waals surface area contributed by atoms with Gasteiger partial charge in [-0.1, -0.05) is 6.92 Å². The molecule has 0 aromatic heterocycles. The highest BCUT2D eigenvalue weighted by molar-refractivity contribution is 4.85. The minimum atomic E-state index is 0.551. The van der Waals surface area contributed by atoms with E-state index in [4.69, 9.17) is 4.74 Å². The van der Waals surface area contributed by atoms with Gasteiger partial charge in [0, 0.05) is 13.1 Å². The number of ether oxygens (including phenoxy) is 1. The maximum atomic E-state index is 5.90.